The Hall–Kier alpha value is -2.32. The quantitative estimate of drug-likeness (QED) is 0.485. The zero-order valence-electron chi connectivity index (χ0n) is 12.6. The molecule has 0 radical (unpaired) electrons. The van der Waals surface area contributed by atoms with Crippen LogP contribution in [0.2, 0.25) is 0 Å². The van der Waals surface area contributed by atoms with Gasteiger partial charge in [0.25, 0.3) is 11.6 Å². The number of thiazole rings is 1. The van der Waals surface area contributed by atoms with Gasteiger partial charge in [0.1, 0.15) is 0 Å². The highest BCUT2D eigenvalue weighted by Gasteiger charge is 2.12. The minimum Gasteiger partial charge on any atom is -0.316 e. The number of fused-ring (bicyclic) bond motifs is 1. The van der Waals surface area contributed by atoms with Crippen molar-refractivity contribution in [2.24, 2.45) is 4.99 Å². The largest absolute Gasteiger partial charge is 0.316 e. The SMILES string of the molecule is CCn1c(=NC(=O)c2ccc(Br)cc2)sc2ccc([N+](=O)[O-])cc21. The van der Waals surface area contributed by atoms with Crippen LogP contribution in [0, 0.1) is 10.1 Å². The van der Waals surface area contributed by atoms with Gasteiger partial charge in [0.15, 0.2) is 4.80 Å². The van der Waals surface area contributed by atoms with E-state index in [0.717, 1.165) is 9.17 Å². The summed E-state index contributed by atoms with van der Waals surface area (Å²) in [5, 5.41) is 11.0. The molecule has 0 atom stereocenters. The highest BCUT2D eigenvalue weighted by Crippen LogP contribution is 2.23. The number of amides is 1. The number of halogens is 1. The molecule has 0 spiro atoms. The lowest BCUT2D eigenvalue weighted by atomic mass is 10.2. The molecule has 0 saturated heterocycles. The highest BCUT2D eigenvalue weighted by atomic mass is 79.9. The molecule has 0 aliphatic carbocycles. The molecule has 2 aromatic carbocycles. The van der Waals surface area contributed by atoms with Crippen molar-refractivity contribution in [1.29, 1.82) is 0 Å². The van der Waals surface area contributed by atoms with E-state index in [9.17, 15) is 14.9 Å². The van der Waals surface area contributed by atoms with Gasteiger partial charge >= 0.3 is 0 Å². The summed E-state index contributed by atoms with van der Waals surface area (Å²) in [5.41, 5.74) is 1.22. The summed E-state index contributed by atoms with van der Waals surface area (Å²) >= 11 is 4.67. The van der Waals surface area contributed by atoms with E-state index >= 15 is 0 Å². The fourth-order valence-electron chi connectivity index (χ4n) is 2.31. The Balaban J connectivity index is 2.13. The van der Waals surface area contributed by atoms with Gasteiger partial charge in [0.2, 0.25) is 0 Å². The van der Waals surface area contributed by atoms with E-state index in [4.69, 9.17) is 0 Å². The third-order valence-corrected chi connectivity index (χ3v) is 5.07. The molecule has 1 aromatic heterocycles. The van der Waals surface area contributed by atoms with Crippen molar-refractivity contribution < 1.29 is 9.72 Å². The molecular formula is C16H12BrN3O3S. The highest BCUT2D eigenvalue weighted by molar-refractivity contribution is 9.10. The molecule has 1 amide bonds. The van der Waals surface area contributed by atoms with E-state index in [0.29, 0.717) is 22.4 Å². The van der Waals surface area contributed by atoms with Gasteiger partial charge in [0.05, 0.1) is 15.1 Å². The first-order valence-electron chi connectivity index (χ1n) is 7.12. The molecule has 3 aromatic rings. The number of aryl methyl sites for hydroxylation is 1. The van der Waals surface area contributed by atoms with E-state index in [-0.39, 0.29) is 11.6 Å². The van der Waals surface area contributed by atoms with Crippen LogP contribution >= 0.6 is 27.3 Å². The van der Waals surface area contributed by atoms with Crippen LogP contribution < -0.4 is 4.80 Å². The molecule has 24 heavy (non-hydrogen) atoms. The number of aromatic nitrogens is 1. The van der Waals surface area contributed by atoms with E-state index < -0.39 is 4.92 Å². The lowest BCUT2D eigenvalue weighted by Gasteiger charge is -2.00. The van der Waals surface area contributed by atoms with Crippen molar-refractivity contribution in [2.75, 3.05) is 0 Å². The maximum atomic E-state index is 12.3. The number of carbonyl (C=O) groups is 1. The van der Waals surface area contributed by atoms with Crippen molar-refractivity contribution in [3.05, 3.63) is 67.4 Å². The summed E-state index contributed by atoms with van der Waals surface area (Å²) < 4.78 is 3.55. The smallest absolute Gasteiger partial charge is 0.279 e. The first-order chi connectivity index (χ1) is 11.5. The van der Waals surface area contributed by atoms with Crippen LogP contribution in [0.5, 0.6) is 0 Å². The molecule has 0 fully saturated rings. The summed E-state index contributed by atoms with van der Waals surface area (Å²) in [5.74, 6) is -0.342. The lowest BCUT2D eigenvalue weighted by molar-refractivity contribution is -0.384. The average molecular weight is 406 g/mol. The summed E-state index contributed by atoms with van der Waals surface area (Å²) in [6, 6.07) is 11.6. The van der Waals surface area contributed by atoms with Gasteiger partial charge in [-0.3, -0.25) is 14.9 Å². The van der Waals surface area contributed by atoms with E-state index in [1.54, 1.807) is 30.3 Å². The summed E-state index contributed by atoms with van der Waals surface area (Å²) in [6.07, 6.45) is 0. The van der Waals surface area contributed by atoms with Crippen LogP contribution in [0.4, 0.5) is 5.69 Å². The zero-order valence-corrected chi connectivity index (χ0v) is 15.0. The van der Waals surface area contributed by atoms with E-state index in [1.807, 2.05) is 11.5 Å². The molecule has 122 valence electrons. The summed E-state index contributed by atoms with van der Waals surface area (Å²) in [4.78, 5) is 27.6. The Labute approximate surface area is 149 Å². The Morgan fingerprint density at radius 1 is 1.29 bits per heavy atom. The standard InChI is InChI=1S/C16H12BrN3O3S/c1-2-19-13-9-12(20(22)23)7-8-14(13)24-16(19)18-15(21)10-3-5-11(17)6-4-10/h3-9H,2H2,1H3. The number of carbonyl (C=O) groups excluding carboxylic acids is 1. The van der Waals surface area contributed by atoms with Crippen LogP contribution in [0.15, 0.2) is 51.9 Å². The molecule has 0 aliphatic heterocycles. The number of nitro benzene ring substituents is 1. The molecule has 8 heteroatoms. The molecule has 0 bridgehead atoms. The first kappa shape index (κ1) is 16.5. The van der Waals surface area contributed by atoms with Crippen molar-refractivity contribution in [1.82, 2.24) is 4.57 Å². The fraction of sp³-hybridized carbons (Fsp3) is 0.125. The second kappa shape index (κ2) is 6.66. The van der Waals surface area contributed by atoms with Gasteiger partial charge in [-0.25, -0.2) is 0 Å². The number of rotatable bonds is 3. The maximum Gasteiger partial charge on any atom is 0.279 e. The number of hydrogen-bond donors (Lipinski definition) is 0. The number of hydrogen-bond acceptors (Lipinski definition) is 4. The first-order valence-corrected chi connectivity index (χ1v) is 8.73. The summed E-state index contributed by atoms with van der Waals surface area (Å²) in [7, 11) is 0. The van der Waals surface area contributed by atoms with Gasteiger partial charge in [0, 0.05) is 28.7 Å². The molecule has 0 N–H and O–H groups in total. The second-order valence-corrected chi connectivity index (χ2v) is 6.89. The normalized spacial score (nSPS) is 11.8. The molecule has 3 rings (SSSR count). The van der Waals surface area contributed by atoms with Crippen molar-refractivity contribution in [3.8, 4) is 0 Å². The third kappa shape index (κ3) is 3.15. The Morgan fingerprint density at radius 2 is 2.00 bits per heavy atom. The second-order valence-electron chi connectivity index (χ2n) is 4.96. The van der Waals surface area contributed by atoms with Gasteiger partial charge < -0.3 is 4.57 Å². The molecule has 0 unspecified atom stereocenters. The third-order valence-electron chi connectivity index (χ3n) is 3.48. The summed E-state index contributed by atoms with van der Waals surface area (Å²) in [6.45, 7) is 2.47. The lowest BCUT2D eigenvalue weighted by Crippen LogP contribution is -2.15. The Bertz CT molecular complexity index is 1010. The number of nitrogens with zero attached hydrogens (tertiary/aromatic N) is 3. The van der Waals surface area contributed by atoms with Gasteiger partial charge in [-0.2, -0.15) is 4.99 Å². The van der Waals surface area contributed by atoms with Crippen LogP contribution in [0.1, 0.15) is 17.3 Å². The van der Waals surface area contributed by atoms with Crippen molar-refractivity contribution in [2.45, 2.75) is 13.5 Å². The predicted molar refractivity (Wildman–Crippen MR) is 96.2 cm³/mol. The molecule has 1 heterocycles. The van der Waals surface area contributed by atoms with E-state index in [2.05, 4.69) is 20.9 Å². The Morgan fingerprint density at radius 3 is 2.62 bits per heavy atom. The number of non-ortho nitro benzene ring substituents is 1. The Kier molecular flexibility index (Phi) is 4.59. The zero-order chi connectivity index (χ0) is 17.3. The molecule has 0 aliphatic rings. The number of benzene rings is 2. The van der Waals surface area contributed by atoms with E-state index in [1.165, 1.54) is 23.5 Å². The van der Waals surface area contributed by atoms with Crippen LogP contribution in [0.25, 0.3) is 10.2 Å². The van der Waals surface area contributed by atoms with Crippen LogP contribution in [-0.2, 0) is 6.54 Å². The fourth-order valence-corrected chi connectivity index (χ4v) is 3.64. The van der Waals surface area contributed by atoms with Crippen molar-refractivity contribution in [3.63, 3.8) is 0 Å². The van der Waals surface area contributed by atoms with Gasteiger partial charge in [-0.1, -0.05) is 27.3 Å². The van der Waals surface area contributed by atoms with Crippen LogP contribution in [-0.4, -0.2) is 15.4 Å². The average Bonchev–Trinajstić information content (AvgIpc) is 2.91. The van der Waals surface area contributed by atoms with Gasteiger partial charge in [-0.05, 0) is 37.3 Å². The van der Waals surface area contributed by atoms with Crippen molar-refractivity contribution >= 4 is 49.1 Å². The monoisotopic (exact) mass is 405 g/mol. The molecule has 6 nitrogen and oxygen atoms in total. The number of nitro groups is 1. The molecule has 0 saturated carbocycles. The predicted octanol–water partition coefficient (Wildman–Crippen LogP) is 4.13. The minimum atomic E-state index is -0.430. The van der Waals surface area contributed by atoms with Crippen LogP contribution in [0.3, 0.4) is 0 Å². The van der Waals surface area contributed by atoms with Gasteiger partial charge in [-0.15, -0.1) is 0 Å². The minimum absolute atomic E-state index is 0.0216. The molecular weight excluding hydrogens is 394 g/mol. The maximum absolute atomic E-state index is 12.3. The topological polar surface area (TPSA) is 77.5 Å².